The zero-order chi connectivity index (χ0) is 21.6. The molecule has 0 spiro atoms. The lowest BCUT2D eigenvalue weighted by molar-refractivity contribution is -0.115. The Kier molecular flexibility index (Phi) is 6.23. The molecule has 158 valence electrons. The van der Waals surface area contributed by atoms with E-state index in [1.807, 2.05) is 12.1 Å². The number of amides is 1. The number of aromatic amines is 1. The number of hydrogen-bond acceptors (Lipinski definition) is 7. The lowest BCUT2D eigenvalue weighted by Gasteiger charge is -2.09. The van der Waals surface area contributed by atoms with Crippen molar-refractivity contribution in [3.63, 3.8) is 0 Å². The number of thioether (sulfide) groups is 1. The van der Waals surface area contributed by atoms with E-state index in [0.29, 0.717) is 45.1 Å². The summed E-state index contributed by atoms with van der Waals surface area (Å²) in [5, 5.41) is 3.40. The maximum Gasteiger partial charge on any atom is 0.339 e. The Balaban J connectivity index is 1.41. The Labute approximate surface area is 182 Å². The summed E-state index contributed by atoms with van der Waals surface area (Å²) in [6, 6.07) is 14.0. The van der Waals surface area contributed by atoms with Crippen LogP contribution in [0.15, 0.2) is 75.0 Å². The maximum atomic E-state index is 12.4. The van der Waals surface area contributed by atoms with Crippen LogP contribution >= 0.6 is 11.8 Å². The van der Waals surface area contributed by atoms with Gasteiger partial charge in [-0.05, 0) is 36.4 Å². The first-order valence-corrected chi connectivity index (χ1v) is 10.4. The van der Waals surface area contributed by atoms with Gasteiger partial charge < -0.3 is 23.9 Å². The number of aromatic nitrogens is 2. The molecule has 1 amide bonds. The van der Waals surface area contributed by atoms with E-state index in [2.05, 4.69) is 15.3 Å². The summed E-state index contributed by atoms with van der Waals surface area (Å²) in [5.74, 6) is 1.02. The standard InChI is InChI=1S/C22H19N3O5S/c1-28-21(27)14-6-2-3-7-15(14)23-18(26)10-13-31-22-24-19(16-8-4-11-29-16)20(25-22)17-9-5-12-30-17/h2-9,11-12H,10,13H2,1H3,(H,23,26)(H,24,25). The number of hydrogen-bond donors (Lipinski definition) is 2. The van der Waals surface area contributed by atoms with Gasteiger partial charge in [0, 0.05) is 12.2 Å². The van der Waals surface area contributed by atoms with Crippen LogP contribution in [0.1, 0.15) is 16.8 Å². The van der Waals surface area contributed by atoms with Gasteiger partial charge in [0.2, 0.25) is 5.91 Å². The summed E-state index contributed by atoms with van der Waals surface area (Å²) >= 11 is 1.40. The Morgan fingerprint density at radius 2 is 1.81 bits per heavy atom. The van der Waals surface area contributed by atoms with Gasteiger partial charge in [-0.25, -0.2) is 9.78 Å². The fraction of sp³-hybridized carbons (Fsp3) is 0.136. The summed E-state index contributed by atoms with van der Waals surface area (Å²) in [6.45, 7) is 0. The zero-order valence-electron chi connectivity index (χ0n) is 16.6. The molecule has 31 heavy (non-hydrogen) atoms. The molecule has 0 unspecified atom stereocenters. The van der Waals surface area contributed by atoms with Crippen molar-refractivity contribution in [2.24, 2.45) is 0 Å². The number of para-hydroxylation sites is 1. The van der Waals surface area contributed by atoms with Crippen molar-refractivity contribution in [1.82, 2.24) is 9.97 Å². The maximum absolute atomic E-state index is 12.4. The predicted octanol–water partition coefficient (Wildman–Crippen LogP) is 4.84. The van der Waals surface area contributed by atoms with Crippen molar-refractivity contribution in [1.29, 1.82) is 0 Å². The van der Waals surface area contributed by atoms with Crippen molar-refractivity contribution in [2.45, 2.75) is 11.6 Å². The van der Waals surface area contributed by atoms with Crippen molar-refractivity contribution in [3.8, 4) is 22.9 Å². The third-order valence-electron chi connectivity index (χ3n) is 4.38. The van der Waals surface area contributed by atoms with E-state index in [1.165, 1.54) is 18.9 Å². The number of ether oxygens (including phenoxy) is 1. The van der Waals surface area contributed by atoms with Gasteiger partial charge in [0.05, 0.1) is 30.9 Å². The second-order valence-corrected chi connectivity index (χ2v) is 7.49. The van der Waals surface area contributed by atoms with Crippen molar-refractivity contribution >= 4 is 29.3 Å². The minimum atomic E-state index is -0.503. The third kappa shape index (κ3) is 4.72. The first kappa shape index (κ1) is 20.5. The molecule has 0 fully saturated rings. The van der Waals surface area contributed by atoms with Crippen LogP contribution in [0.5, 0.6) is 0 Å². The molecule has 0 aliphatic carbocycles. The number of esters is 1. The number of H-pyrrole nitrogens is 1. The number of benzene rings is 1. The van der Waals surface area contributed by atoms with Gasteiger partial charge in [0.1, 0.15) is 11.4 Å². The number of nitrogens with one attached hydrogen (secondary N) is 2. The average Bonchev–Trinajstić information content (AvgIpc) is 3.54. The monoisotopic (exact) mass is 437 g/mol. The van der Waals surface area contributed by atoms with E-state index in [4.69, 9.17) is 13.6 Å². The van der Waals surface area contributed by atoms with E-state index < -0.39 is 5.97 Å². The number of methoxy groups -OCH3 is 1. The highest BCUT2D eigenvalue weighted by Crippen LogP contribution is 2.33. The quantitative estimate of drug-likeness (QED) is 0.300. The van der Waals surface area contributed by atoms with Crippen LogP contribution in [0, 0.1) is 0 Å². The number of rotatable bonds is 8. The highest BCUT2D eigenvalue weighted by Gasteiger charge is 2.19. The molecule has 0 aliphatic rings. The predicted molar refractivity (Wildman–Crippen MR) is 116 cm³/mol. The molecule has 0 bridgehead atoms. The molecule has 0 saturated heterocycles. The topological polar surface area (TPSA) is 110 Å². The van der Waals surface area contributed by atoms with Crippen molar-refractivity contribution in [2.75, 3.05) is 18.2 Å². The molecule has 1 aromatic carbocycles. The second kappa shape index (κ2) is 9.40. The molecular weight excluding hydrogens is 418 g/mol. The molecule has 3 aromatic heterocycles. The van der Waals surface area contributed by atoms with Gasteiger partial charge in [0.25, 0.3) is 0 Å². The van der Waals surface area contributed by atoms with Gasteiger partial charge in [-0.1, -0.05) is 23.9 Å². The van der Waals surface area contributed by atoms with Crippen LogP contribution in [-0.2, 0) is 9.53 Å². The molecule has 0 atom stereocenters. The van der Waals surface area contributed by atoms with Crippen LogP contribution in [0.25, 0.3) is 22.9 Å². The summed E-state index contributed by atoms with van der Waals surface area (Å²) in [5.41, 5.74) is 2.07. The summed E-state index contributed by atoms with van der Waals surface area (Å²) in [7, 11) is 1.30. The van der Waals surface area contributed by atoms with Gasteiger partial charge >= 0.3 is 5.97 Å². The van der Waals surface area contributed by atoms with Crippen LogP contribution in [-0.4, -0.2) is 34.7 Å². The highest BCUT2D eigenvalue weighted by molar-refractivity contribution is 7.99. The number of carbonyl (C=O) groups is 2. The third-order valence-corrected chi connectivity index (χ3v) is 5.25. The zero-order valence-corrected chi connectivity index (χ0v) is 17.4. The van der Waals surface area contributed by atoms with E-state index in [-0.39, 0.29) is 12.3 Å². The Hall–Kier alpha value is -3.72. The number of furan rings is 2. The molecule has 2 N–H and O–H groups in total. The lowest BCUT2D eigenvalue weighted by Crippen LogP contribution is -2.15. The van der Waals surface area contributed by atoms with Gasteiger partial charge in [-0.3, -0.25) is 4.79 Å². The van der Waals surface area contributed by atoms with Gasteiger partial charge in [-0.2, -0.15) is 0 Å². The number of carbonyl (C=O) groups excluding carboxylic acids is 2. The smallest absolute Gasteiger partial charge is 0.339 e. The first-order valence-electron chi connectivity index (χ1n) is 9.43. The molecular formula is C22H19N3O5S. The van der Waals surface area contributed by atoms with Crippen molar-refractivity contribution < 1.29 is 23.2 Å². The van der Waals surface area contributed by atoms with E-state index in [1.54, 1.807) is 48.9 Å². The average molecular weight is 437 g/mol. The fourth-order valence-electron chi connectivity index (χ4n) is 2.94. The van der Waals surface area contributed by atoms with Crippen LogP contribution in [0.2, 0.25) is 0 Å². The normalized spacial score (nSPS) is 10.7. The molecule has 0 aliphatic heterocycles. The molecule has 4 rings (SSSR count). The summed E-state index contributed by atoms with van der Waals surface area (Å²) < 4.78 is 15.7. The first-order chi connectivity index (χ1) is 15.2. The molecule has 0 radical (unpaired) electrons. The van der Waals surface area contributed by atoms with E-state index in [9.17, 15) is 9.59 Å². The van der Waals surface area contributed by atoms with Crippen LogP contribution < -0.4 is 5.32 Å². The molecule has 4 aromatic rings. The molecule has 0 saturated carbocycles. The Morgan fingerprint density at radius 1 is 1.06 bits per heavy atom. The highest BCUT2D eigenvalue weighted by atomic mass is 32.2. The number of imidazole rings is 1. The number of anilines is 1. The van der Waals surface area contributed by atoms with E-state index >= 15 is 0 Å². The Bertz CT molecular complexity index is 1110. The minimum Gasteiger partial charge on any atom is -0.465 e. The van der Waals surface area contributed by atoms with Gasteiger partial charge in [-0.15, -0.1) is 0 Å². The van der Waals surface area contributed by atoms with Crippen molar-refractivity contribution in [3.05, 3.63) is 66.6 Å². The molecule has 8 nitrogen and oxygen atoms in total. The molecule has 9 heteroatoms. The minimum absolute atomic E-state index is 0.215. The number of nitrogens with zero attached hydrogens (tertiary/aromatic N) is 1. The largest absolute Gasteiger partial charge is 0.465 e. The van der Waals surface area contributed by atoms with Gasteiger partial charge in [0.15, 0.2) is 16.7 Å². The SMILES string of the molecule is COC(=O)c1ccccc1NC(=O)CCSc1nc(-c2ccco2)c(-c2ccco2)[nH]1. The fourth-order valence-corrected chi connectivity index (χ4v) is 3.75. The molecule has 3 heterocycles. The Morgan fingerprint density at radius 3 is 2.52 bits per heavy atom. The second-order valence-electron chi connectivity index (χ2n) is 6.40. The van der Waals surface area contributed by atoms with E-state index in [0.717, 1.165) is 0 Å². The van der Waals surface area contributed by atoms with Crippen LogP contribution in [0.3, 0.4) is 0 Å². The summed E-state index contributed by atoms with van der Waals surface area (Å²) in [6.07, 6.45) is 3.40. The summed E-state index contributed by atoms with van der Waals surface area (Å²) in [4.78, 5) is 32.0. The van der Waals surface area contributed by atoms with Crippen LogP contribution in [0.4, 0.5) is 5.69 Å². The lowest BCUT2D eigenvalue weighted by atomic mass is 10.2.